The van der Waals surface area contributed by atoms with Crippen LogP contribution >= 0.6 is 0 Å². The van der Waals surface area contributed by atoms with Crippen LogP contribution in [0.2, 0.25) is 0 Å². The number of nitriles is 1. The lowest BCUT2D eigenvalue weighted by Gasteiger charge is -2.04. The van der Waals surface area contributed by atoms with Gasteiger partial charge in [0.05, 0.1) is 35.6 Å². The number of hydrogen-bond donors (Lipinski definition) is 2. The third-order valence-electron chi connectivity index (χ3n) is 4.37. The summed E-state index contributed by atoms with van der Waals surface area (Å²) in [6.07, 6.45) is 2.07. The Labute approximate surface area is 161 Å². The minimum Gasteiger partial charge on any atom is -0.342 e. The Kier molecular flexibility index (Phi) is 4.60. The molecule has 2 aromatic carbocycles. The molecule has 0 spiro atoms. The lowest BCUT2D eigenvalue weighted by atomic mass is 10.1. The van der Waals surface area contributed by atoms with Gasteiger partial charge in [-0.05, 0) is 42.3 Å². The fourth-order valence-electron chi connectivity index (χ4n) is 3.05. The van der Waals surface area contributed by atoms with Gasteiger partial charge >= 0.3 is 0 Å². The zero-order chi connectivity index (χ0) is 19.5. The van der Waals surface area contributed by atoms with Crippen LogP contribution in [-0.4, -0.2) is 25.7 Å². The maximum atomic E-state index is 12.3. The van der Waals surface area contributed by atoms with Crippen LogP contribution in [0.15, 0.2) is 54.7 Å². The molecular weight excluding hydrogens is 352 g/mol. The first-order valence-electron chi connectivity index (χ1n) is 8.87. The van der Waals surface area contributed by atoms with Gasteiger partial charge in [-0.2, -0.15) is 10.4 Å². The van der Waals surface area contributed by atoms with Crippen LogP contribution in [0.25, 0.3) is 11.0 Å². The Bertz CT molecular complexity index is 1180. The van der Waals surface area contributed by atoms with Crippen molar-refractivity contribution in [3.8, 4) is 6.07 Å². The molecule has 2 N–H and O–H groups in total. The first kappa shape index (κ1) is 17.5. The van der Waals surface area contributed by atoms with Crippen molar-refractivity contribution < 1.29 is 4.79 Å². The van der Waals surface area contributed by atoms with E-state index in [0.717, 1.165) is 28.0 Å². The molecule has 0 bridgehead atoms. The van der Waals surface area contributed by atoms with Crippen LogP contribution in [0.1, 0.15) is 22.5 Å². The molecule has 2 aromatic heterocycles. The Balaban J connectivity index is 1.38. The molecule has 0 aliphatic carbocycles. The predicted octanol–water partition coefficient (Wildman–Crippen LogP) is 3.17. The van der Waals surface area contributed by atoms with Crippen LogP contribution < -0.4 is 5.32 Å². The molecule has 2 heterocycles. The van der Waals surface area contributed by atoms with Crippen molar-refractivity contribution in [1.29, 1.82) is 5.26 Å². The second kappa shape index (κ2) is 7.37. The Hall–Kier alpha value is -3.92. The van der Waals surface area contributed by atoms with E-state index in [1.54, 1.807) is 22.9 Å². The van der Waals surface area contributed by atoms with Gasteiger partial charge in [0.25, 0.3) is 0 Å². The van der Waals surface area contributed by atoms with Crippen molar-refractivity contribution in [1.82, 2.24) is 19.7 Å². The third-order valence-corrected chi connectivity index (χ3v) is 4.37. The monoisotopic (exact) mass is 370 g/mol. The predicted molar refractivity (Wildman–Crippen MR) is 106 cm³/mol. The van der Waals surface area contributed by atoms with Crippen molar-refractivity contribution >= 4 is 22.8 Å². The molecule has 4 aromatic rings. The highest BCUT2D eigenvalue weighted by Crippen LogP contribution is 2.15. The van der Waals surface area contributed by atoms with E-state index < -0.39 is 0 Å². The molecule has 7 heteroatoms. The summed E-state index contributed by atoms with van der Waals surface area (Å²) in [6.45, 7) is 2.47. The van der Waals surface area contributed by atoms with E-state index >= 15 is 0 Å². The summed E-state index contributed by atoms with van der Waals surface area (Å²) in [4.78, 5) is 19.9. The highest BCUT2D eigenvalue weighted by Gasteiger charge is 2.08. The summed E-state index contributed by atoms with van der Waals surface area (Å²) >= 11 is 0. The van der Waals surface area contributed by atoms with Gasteiger partial charge in [0.1, 0.15) is 5.82 Å². The minimum atomic E-state index is -0.126. The summed E-state index contributed by atoms with van der Waals surface area (Å²) in [5.41, 5.74) is 4.38. The summed E-state index contributed by atoms with van der Waals surface area (Å²) in [7, 11) is 0. The van der Waals surface area contributed by atoms with Crippen molar-refractivity contribution in [2.75, 3.05) is 5.32 Å². The topological polar surface area (TPSA) is 99.4 Å². The lowest BCUT2D eigenvalue weighted by Crippen LogP contribution is -2.15. The Morgan fingerprint density at radius 1 is 1.18 bits per heavy atom. The first-order valence-corrected chi connectivity index (χ1v) is 8.87. The summed E-state index contributed by atoms with van der Waals surface area (Å²) in [5.74, 6) is 1.24. The number of aromatic nitrogens is 4. The minimum absolute atomic E-state index is 0.126. The van der Waals surface area contributed by atoms with E-state index in [2.05, 4.69) is 26.5 Å². The standard InChI is InChI=1S/C21H18N6O/c1-14-23-18-7-6-17(10-19(18)24-14)11-21(28)25-20-8-9-27(26-20)13-16-4-2-15(12-22)3-5-16/h2-10H,11,13H2,1H3,(H,23,24)(H,25,26,28). The van der Waals surface area contributed by atoms with Gasteiger partial charge in [-0.1, -0.05) is 18.2 Å². The van der Waals surface area contributed by atoms with Gasteiger partial charge in [-0.25, -0.2) is 4.98 Å². The van der Waals surface area contributed by atoms with Crippen LogP contribution in [0.4, 0.5) is 5.82 Å². The molecule has 28 heavy (non-hydrogen) atoms. The molecule has 0 saturated heterocycles. The average Bonchev–Trinajstić information content (AvgIpc) is 3.27. The maximum absolute atomic E-state index is 12.3. The van der Waals surface area contributed by atoms with Crippen LogP contribution in [0.5, 0.6) is 0 Å². The van der Waals surface area contributed by atoms with E-state index in [0.29, 0.717) is 17.9 Å². The SMILES string of the molecule is Cc1nc2ccc(CC(=O)Nc3ccn(Cc4ccc(C#N)cc4)n3)cc2[nH]1. The molecule has 4 rings (SSSR count). The second-order valence-electron chi connectivity index (χ2n) is 6.61. The quantitative estimate of drug-likeness (QED) is 0.563. The number of amides is 1. The highest BCUT2D eigenvalue weighted by atomic mass is 16.1. The molecule has 0 fully saturated rings. The largest absolute Gasteiger partial charge is 0.342 e. The number of H-pyrrole nitrogens is 1. The molecule has 0 aliphatic heterocycles. The van der Waals surface area contributed by atoms with Gasteiger partial charge in [-0.3, -0.25) is 9.48 Å². The molecule has 7 nitrogen and oxygen atoms in total. The lowest BCUT2D eigenvalue weighted by molar-refractivity contribution is -0.115. The number of aryl methyl sites for hydroxylation is 1. The number of carbonyl (C=O) groups excluding carboxylic acids is 1. The fraction of sp³-hybridized carbons (Fsp3) is 0.143. The number of aromatic amines is 1. The van der Waals surface area contributed by atoms with Gasteiger partial charge in [-0.15, -0.1) is 0 Å². The number of anilines is 1. The first-order chi connectivity index (χ1) is 13.6. The number of nitrogens with one attached hydrogen (secondary N) is 2. The van der Waals surface area contributed by atoms with E-state index in [4.69, 9.17) is 5.26 Å². The zero-order valence-electron chi connectivity index (χ0n) is 15.3. The van der Waals surface area contributed by atoms with E-state index in [1.165, 1.54) is 0 Å². The normalized spacial score (nSPS) is 10.7. The number of carbonyl (C=O) groups is 1. The molecule has 0 aliphatic rings. The van der Waals surface area contributed by atoms with Crippen molar-refractivity contribution in [3.63, 3.8) is 0 Å². The second-order valence-corrected chi connectivity index (χ2v) is 6.61. The molecule has 0 radical (unpaired) electrons. The molecule has 0 atom stereocenters. The molecule has 138 valence electrons. The molecule has 1 amide bonds. The number of fused-ring (bicyclic) bond motifs is 1. The van der Waals surface area contributed by atoms with E-state index in [9.17, 15) is 4.79 Å². The van der Waals surface area contributed by atoms with Gasteiger partial charge < -0.3 is 10.3 Å². The van der Waals surface area contributed by atoms with Crippen molar-refractivity contribution in [2.45, 2.75) is 19.9 Å². The fourth-order valence-corrected chi connectivity index (χ4v) is 3.05. The highest BCUT2D eigenvalue weighted by molar-refractivity contribution is 5.92. The summed E-state index contributed by atoms with van der Waals surface area (Å²) in [5, 5.41) is 16.1. The number of hydrogen-bond acceptors (Lipinski definition) is 4. The van der Waals surface area contributed by atoms with Crippen LogP contribution in [-0.2, 0) is 17.8 Å². The van der Waals surface area contributed by atoms with E-state index in [1.807, 2.05) is 43.5 Å². The molecule has 0 saturated carbocycles. The van der Waals surface area contributed by atoms with Crippen molar-refractivity contribution in [3.05, 3.63) is 77.2 Å². The van der Waals surface area contributed by atoms with Crippen LogP contribution in [0.3, 0.4) is 0 Å². The summed E-state index contributed by atoms with van der Waals surface area (Å²) in [6, 6.07) is 17.0. The van der Waals surface area contributed by atoms with Gasteiger partial charge in [0, 0.05) is 12.3 Å². The van der Waals surface area contributed by atoms with Gasteiger partial charge in [0.2, 0.25) is 5.91 Å². The van der Waals surface area contributed by atoms with Crippen LogP contribution in [0, 0.1) is 18.3 Å². The smallest absolute Gasteiger partial charge is 0.229 e. The maximum Gasteiger partial charge on any atom is 0.229 e. The number of imidazole rings is 1. The third kappa shape index (κ3) is 3.91. The Morgan fingerprint density at radius 2 is 1.96 bits per heavy atom. The summed E-state index contributed by atoms with van der Waals surface area (Å²) < 4.78 is 1.75. The molecule has 0 unspecified atom stereocenters. The molecular formula is C21H18N6O. The van der Waals surface area contributed by atoms with E-state index in [-0.39, 0.29) is 12.3 Å². The Morgan fingerprint density at radius 3 is 2.75 bits per heavy atom. The van der Waals surface area contributed by atoms with Gasteiger partial charge in [0.15, 0.2) is 5.82 Å². The average molecular weight is 370 g/mol. The number of benzene rings is 2. The van der Waals surface area contributed by atoms with Crippen molar-refractivity contribution in [2.24, 2.45) is 0 Å². The number of rotatable bonds is 5. The number of nitrogens with zero attached hydrogens (tertiary/aromatic N) is 4. The zero-order valence-corrected chi connectivity index (χ0v) is 15.3.